The van der Waals surface area contributed by atoms with Crippen LogP contribution in [0.1, 0.15) is 13.3 Å². The standard InChI is InChI=1S/C13H15N3O3/c1-2-14-13(17)6-8-15-7-5-10-3-4-11(16(18)19)9-12(10)15/h3-5,7,9H,2,6,8H2,1H3,(H,14,17). The highest BCUT2D eigenvalue weighted by Crippen LogP contribution is 2.22. The fraction of sp³-hybridized carbons (Fsp3) is 0.308. The molecule has 0 radical (unpaired) electrons. The van der Waals surface area contributed by atoms with Crippen molar-refractivity contribution in [3.05, 3.63) is 40.6 Å². The molecule has 0 bridgehead atoms. The van der Waals surface area contributed by atoms with Gasteiger partial charge in [-0.15, -0.1) is 0 Å². The number of aromatic nitrogens is 1. The molecule has 1 heterocycles. The van der Waals surface area contributed by atoms with Crippen LogP contribution < -0.4 is 5.32 Å². The number of amides is 1. The molecule has 0 aliphatic carbocycles. The molecule has 0 saturated heterocycles. The number of nitrogens with zero attached hydrogens (tertiary/aromatic N) is 2. The zero-order valence-corrected chi connectivity index (χ0v) is 10.6. The lowest BCUT2D eigenvalue weighted by Gasteiger charge is -2.05. The van der Waals surface area contributed by atoms with Gasteiger partial charge in [-0.1, -0.05) is 0 Å². The molecule has 0 aliphatic heterocycles. The average Bonchev–Trinajstić information content (AvgIpc) is 2.79. The minimum Gasteiger partial charge on any atom is -0.356 e. The SMILES string of the molecule is CCNC(=O)CCn1ccc2ccc([N+](=O)[O-])cc21. The topological polar surface area (TPSA) is 77.2 Å². The van der Waals surface area contributed by atoms with Crippen LogP contribution in [0.15, 0.2) is 30.5 Å². The second-order valence-electron chi connectivity index (χ2n) is 4.21. The molecule has 6 nitrogen and oxygen atoms in total. The molecular formula is C13H15N3O3. The Hall–Kier alpha value is -2.37. The first-order valence-electron chi connectivity index (χ1n) is 6.12. The number of hydrogen-bond donors (Lipinski definition) is 1. The van der Waals surface area contributed by atoms with Crippen molar-refractivity contribution < 1.29 is 9.72 Å². The van der Waals surface area contributed by atoms with Gasteiger partial charge in [0.15, 0.2) is 0 Å². The monoisotopic (exact) mass is 261 g/mol. The summed E-state index contributed by atoms with van der Waals surface area (Å²) < 4.78 is 1.86. The van der Waals surface area contributed by atoms with Gasteiger partial charge in [0.05, 0.1) is 10.4 Å². The van der Waals surface area contributed by atoms with Crippen LogP contribution in [-0.2, 0) is 11.3 Å². The van der Waals surface area contributed by atoms with Crippen LogP contribution in [0.3, 0.4) is 0 Å². The highest BCUT2D eigenvalue weighted by atomic mass is 16.6. The second-order valence-corrected chi connectivity index (χ2v) is 4.21. The first-order chi connectivity index (χ1) is 9.11. The molecule has 1 aromatic carbocycles. The molecule has 0 atom stereocenters. The number of benzene rings is 1. The molecule has 100 valence electrons. The van der Waals surface area contributed by atoms with Gasteiger partial charge in [-0.3, -0.25) is 14.9 Å². The van der Waals surface area contributed by atoms with Crippen LogP contribution in [0.25, 0.3) is 10.9 Å². The fourth-order valence-corrected chi connectivity index (χ4v) is 1.99. The number of hydrogen-bond acceptors (Lipinski definition) is 3. The smallest absolute Gasteiger partial charge is 0.271 e. The van der Waals surface area contributed by atoms with Gasteiger partial charge in [0.1, 0.15) is 0 Å². The number of aryl methyl sites for hydroxylation is 1. The number of nitro groups is 1. The molecular weight excluding hydrogens is 246 g/mol. The van der Waals surface area contributed by atoms with E-state index < -0.39 is 4.92 Å². The number of nitrogens with one attached hydrogen (secondary N) is 1. The van der Waals surface area contributed by atoms with Crippen molar-refractivity contribution in [2.24, 2.45) is 0 Å². The lowest BCUT2D eigenvalue weighted by Crippen LogP contribution is -2.23. The molecule has 19 heavy (non-hydrogen) atoms. The molecule has 0 aliphatic rings. The van der Waals surface area contributed by atoms with E-state index >= 15 is 0 Å². The maximum absolute atomic E-state index is 11.4. The van der Waals surface area contributed by atoms with E-state index in [0.717, 1.165) is 10.9 Å². The highest BCUT2D eigenvalue weighted by Gasteiger charge is 2.09. The van der Waals surface area contributed by atoms with Gasteiger partial charge in [-0.05, 0) is 19.1 Å². The Morgan fingerprint density at radius 1 is 1.42 bits per heavy atom. The predicted molar refractivity (Wildman–Crippen MR) is 71.9 cm³/mol. The van der Waals surface area contributed by atoms with Crippen LogP contribution in [0.4, 0.5) is 5.69 Å². The van der Waals surface area contributed by atoms with E-state index in [2.05, 4.69) is 5.32 Å². The molecule has 6 heteroatoms. The van der Waals surface area contributed by atoms with Crippen LogP contribution in [0.2, 0.25) is 0 Å². The van der Waals surface area contributed by atoms with E-state index in [-0.39, 0.29) is 11.6 Å². The van der Waals surface area contributed by atoms with E-state index in [1.54, 1.807) is 6.07 Å². The Morgan fingerprint density at radius 3 is 2.89 bits per heavy atom. The maximum atomic E-state index is 11.4. The van der Waals surface area contributed by atoms with Crippen molar-refractivity contribution in [3.8, 4) is 0 Å². The molecule has 1 N–H and O–H groups in total. The molecule has 0 spiro atoms. The Morgan fingerprint density at radius 2 is 2.21 bits per heavy atom. The van der Waals surface area contributed by atoms with Crippen molar-refractivity contribution in [1.82, 2.24) is 9.88 Å². The van der Waals surface area contributed by atoms with Gasteiger partial charge in [0.2, 0.25) is 5.91 Å². The third-order valence-electron chi connectivity index (χ3n) is 2.92. The van der Waals surface area contributed by atoms with Gasteiger partial charge in [-0.25, -0.2) is 0 Å². The normalized spacial score (nSPS) is 10.6. The Bertz CT molecular complexity index is 619. The number of non-ortho nitro benzene ring substituents is 1. The lowest BCUT2D eigenvalue weighted by atomic mass is 10.2. The molecule has 2 aromatic rings. The van der Waals surface area contributed by atoms with E-state index in [1.807, 2.05) is 23.8 Å². The molecule has 1 amide bonds. The number of nitro benzene ring substituents is 1. The Balaban J connectivity index is 2.21. The summed E-state index contributed by atoms with van der Waals surface area (Å²) >= 11 is 0. The van der Waals surface area contributed by atoms with Gasteiger partial charge in [0, 0.05) is 43.2 Å². The zero-order chi connectivity index (χ0) is 13.8. The first kappa shape index (κ1) is 13.1. The van der Waals surface area contributed by atoms with Gasteiger partial charge < -0.3 is 9.88 Å². The second kappa shape index (κ2) is 5.51. The third kappa shape index (κ3) is 2.90. The van der Waals surface area contributed by atoms with E-state index in [0.29, 0.717) is 19.5 Å². The molecule has 1 aromatic heterocycles. The largest absolute Gasteiger partial charge is 0.356 e. The maximum Gasteiger partial charge on any atom is 0.271 e. The molecule has 0 saturated carbocycles. The number of carbonyl (C=O) groups is 1. The average molecular weight is 261 g/mol. The van der Waals surface area contributed by atoms with Crippen molar-refractivity contribution >= 4 is 22.5 Å². The summed E-state index contributed by atoms with van der Waals surface area (Å²) in [5.74, 6) is -0.0187. The van der Waals surface area contributed by atoms with Crippen molar-refractivity contribution in [1.29, 1.82) is 0 Å². The highest BCUT2D eigenvalue weighted by molar-refractivity contribution is 5.82. The summed E-state index contributed by atoms with van der Waals surface area (Å²) in [5, 5.41) is 14.4. The van der Waals surface area contributed by atoms with Crippen LogP contribution in [-0.4, -0.2) is 21.9 Å². The first-order valence-corrected chi connectivity index (χ1v) is 6.12. The minimum atomic E-state index is -0.416. The third-order valence-corrected chi connectivity index (χ3v) is 2.92. The summed E-state index contributed by atoms with van der Waals surface area (Å²) in [5.41, 5.74) is 0.837. The summed E-state index contributed by atoms with van der Waals surface area (Å²) in [6.45, 7) is 2.99. The van der Waals surface area contributed by atoms with E-state index in [1.165, 1.54) is 12.1 Å². The van der Waals surface area contributed by atoms with Crippen molar-refractivity contribution in [2.45, 2.75) is 19.9 Å². The molecule has 2 rings (SSSR count). The quantitative estimate of drug-likeness (QED) is 0.661. The summed E-state index contributed by atoms with van der Waals surface area (Å²) in [6.07, 6.45) is 2.20. The molecule has 0 unspecified atom stereocenters. The number of rotatable bonds is 5. The van der Waals surface area contributed by atoms with Crippen LogP contribution in [0.5, 0.6) is 0 Å². The van der Waals surface area contributed by atoms with Crippen LogP contribution in [0, 0.1) is 10.1 Å². The van der Waals surface area contributed by atoms with Gasteiger partial charge in [0.25, 0.3) is 5.69 Å². The number of fused-ring (bicyclic) bond motifs is 1. The zero-order valence-electron chi connectivity index (χ0n) is 10.6. The van der Waals surface area contributed by atoms with E-state index in [4.69, 9.17) is 0 Å². The van der Waals surface area contributed by atoms with Crippen molar-refractivity contribution in [2.75, 3.05) is 6.54 Å². The van der Waals surface area contributed by atoms with E-state index in [9.17, 15) is 14.9 Å². The summed E-state index contributed by atoms with van der Waals surface area (Å²) in [6, 6.07) is 6.62. The Kier molecular flexibility index (Phi) is 3.79. The fourth-order valence-electron chi connectivity index (χ4n) is 1.99. The lowest BCUT2D eigenvalue weighted by molar-refractivity contribution is -0.384. The van der Waals surface area contributed by atoms with Gasteiger partial charge >= 0.3 is 0 Å². The predicted octanol–water partition coefficient (Wildman–Crippen LogP) is 2.08. The van der Waals surface area contributed by atoms with Gasteiger partial charge in [-0.2, -0.15) is 0 Å². The Labute approximate surface area is 110 Å². The summed E-state index contributed by atoms with van der Waals surface area (Å²) in [7, 11) is 0. The number of carbonyl (C=O) groups excluding carboxylic acids is 1. The summed E-state index contributed by atoms with van der Waals surface area (Å²) in [4.78, 5) is 21.8. The van der Waals surface area contributed by atoms with Crippen molar-refractivity contribution in [3.63, 3.8) is 0 Å². The van der Waals surface area contributed by atoms with Crippen LogP contribution >= 0.6 is 0 Å². The minimum absolute atomic E-state index is 0.0187. The molecule has 0 fully saturated rings.